The minimum atomic E-state index is -3.02. The van der Waals surface area contributed by atoms with Gasteiger partial charge in [0.05, 0.1) is 6.26 Å². The molecule has 2 rings (SSSR count). The molecule has 0 spiro atoms. The van der Waals surface area contributed by atoms with Crippen LogP contribution in [0.5, 0.6) is 0 Å². The van der Waals surface area contributed by atoms with E-state index in [0.29, 0.717) is 19.1 Å². The van der Waals surface area contributed by atoms with E-state index in [4.69, 9.17) is 0 Å². The number of nitrogens with one attached hydrogen (secondary N) is 1. The van der Waals surface area contributed by atoms with Crippen molar-refractivity contribution in [1.82, 2.24) is 9.62 Å². The molecule has 1 N–H and O–H groups in total. The van der Waals surface area contributed by atoms with Gasteiger partial charge in [-0.25, -0.2) is 12.7 Å². The van der Waals surface area contributed by atoms with Crippen LogP contribution < -0.4 is 5.32 Å². The van der Waals surface area contributed by atoms with Crippen LogP contribution in [0, 0.1) is 13.8 Å². The quantitative estimate of drug-likeness (QED) is 0.922. The molecule has 0 aromatic heterocycles. The van der Waals surface area contributed by atoms with E-state index in [2.05, 4.69) is 37.4 Å². The molecule has 0 bridgehead atoms. The van der Waals surface area contributed by atoms with Crippen LogP contribution in [0.3, 0.4) is 0 Å². The van der Waals surface area contributed by atoms with Gasteiger partial charge in [-0.05, 0) is 43.4 Å². The molecule has 0 atom stereocenters. The summed E-state index contributed by atoms with van der Waals surface area (Å²) in [5, 5.41) is 3.57. The number of rotatable bonds is 4. The predicted octanol–water partition coefficient (Wildman–Crippen LogP) is 1.82. The Morgan fingerprint density at radius 3 is 2.25 bits per heavy atom. The highest BCUT2D eigenvalue weighted by Crippen LogP contribution is 2.16. The van der Waals surface area contributed by atoms with E-state index >= 15 is 0 Å². The van der Waals surface area contributed by atoms with E-state index in [1.165, 1.54) is 22.9 Å². The second-order valence-corrected chi connectivity index (χ2v) is 7.67. The second kappa shape index (κ2) is 6.24. The molecule has 4 nitrogen and oxygen atoms in total. The van der Waals surface area contributed by atoms with Gasteiger partial charge in [-0.3, -0.25) is 0 Å². The van der Waals surface area contributed by atoms with Crippen LogP contribution in [-0.4, -0.2) is 38.1 Å². The molecule has 5 heteroatoms. The third-order valence-corrected chi connectivity index (χ3v) is 5.44. The topological polar surface area (TPSA) is 49.4 Å². The molecule has 1 aliphatic heterocycles. The van der Waals surface area contributed by atoms with Crippen LogP contribution in [0.25, 0.3) is 0 Å². The van der Waals surface area contributed by atoms with Gasteiger partial charge in [0.2, 0.25) is 10.0 Å². The summed E-state index contributed by atoms with van der Waals surface area (Å²) in [5.74, 6) is 0. The second-order valence-electron chi connectivity index (χ2n) is 5.69. The zero-order valence-electron chi connectivity index (χ0n) is 12.5. The first-order valence-electron chi connectivity index (χ1n) is 7.11. The van der Waals surface area contributed by atoms with E-state index < -0.39 is 10.0 Å². The molecule has 0 radical (unpaired) electrons. The maximum atomic E-state index is 11.5. The molecule has 20 heavy (non-hydrogen) atoms. The predicted molar refractivity (Wildman–Crippen MR) is 82.2 cm³/mol. The van der Waals surface area contributed by atoms with E-state index in [1.807, 2.05) is 0 Å². The molecule has 0 saturated carbocycles. The molecule has 1 heterocycles. The van der Waals surface area contributed by atoms with Crippen LogP contribution in [0.1, 0.15) is 29.5 Å². The van der Waals surface area contributed by atoms with Gasteiger partial charge in [-0.2, -0.15) is 0 Å². The van der Waals surface area contributed by atoms with Crippen LogP contribution in [-0.2, 0) is 16.6 Å². The number of benzene rings is 1. The first-order valence-corrected chi connectivity index (χ1v) is 8.96. The average molecular weight is 296 g/mol. The first-order chi connectivity index (χ1) is 9.38. The molecule has 0 aliphatic carbocycles. The number of sulfonamides is 1. The minimum absolute atomic E-state index is 0.409. The van der Waals surface area contributed by atoms with E-state index in [0.717, 1.165) is 19.4 Å². The summed E-state index contributed by atoms with van der Waals surface area (Å²) in [6.45, 7) is 6.39. The van der Waals surface area contributed by atoms with Gasteiger partial charge >= 0.3 is 0 Å². The summed E-state index contributed by atoms with van der Waals surface area (Å²) in [6.07, 6.45) is 3.06. The Morgan fingerprint density at radius 1 is 1.20 bits per heavy atom. The zero-order chi connectivity index (χ0) is 14.8. The lowest BCUT2D eigenvalue weighted by Gasteiger charge is -2.31. The maximum absolute atomic E-state index is 11.5. The van der Waals surface area contributed by atoms with Crippen molar-refractivity contribution in [2.75, 3.05) is 19.3 Å². The van der Waals surface area contributed by atoms with Gasteiger partial charge < -0.3 is 5.32 Å². The summed E-state index contributed by atoms with van der Waals surface area (Å²) < 4.78 is 24.5. The largest absolute Gasteiger partial charge is 0.310 e. The highest BCUT2D eigenvalue weighted by atomic mass is 32.2. The minimum Gasteiger partial charge on any atom is -0.310 e. The van der Waals surface area contributed by atoms with Crippen molar-refractivity contribution < 1.29 is 8.42 Å². The number of piperidine rings is 1. The van der Waals surface area contributed by atoms with Crippen molar-refractivity contribution in [3.05, 3.63) is 34.9 Å². The Morgan fingerprint density at radius 2 is 1.75 bits per heavy atom. The molecule has 0 unspecified atom stereocenters. The summed E-state index contributed by atoms with van der Waals surface area (Å²) in [4.78, 5) is 0. The van der Waals surface area contributed by atoms with Crippen molar-refractivity contribution in [2.45, 2.75) is 39.3 Å². The monoisotopic (exact) mass is 296 g/mol. The van der Waals surface area contributed by atoms with Gasteiger partial charge in [-0.15, -0.1) is 0 Å². The van der Waals surface area contributed by atoms with E-state index in [9.17, 15) is 8.42 Å². The third kappa shape index (κ3) is 3.81. The Hall–Kier alpha value is -0.910. The Balaban J connectivity index is 1.88. The number of hydrogen-bond donors (Lipinski definition) is 1. The van der Waals surface area contributed by atoms with Crippen LogP contribution in [0.4, 0.5) is 0 Å². The van der Waals surface area contributed by atoms with Crippen molar-refractivity contribution in [3.63, 3.8) is 0 Å². The smallest absolute Gasteiger partial charge is 0.211 e. The van der Waals surface area contributed by atoms with Crippen molar-refractivity contribution in [3.8, 4) is 0 Å². The zero-order valence-corrected chi connectivity index (χ0v) is 13.3. The summed E-state index contributed by atoms with van der Waals surface area (Å²) >= 11 is 0. The maximum Gasteiger partial charge on any atom is 0.211 e. The van der Waals surface area contributed by atoms with Gasteiger partial charge in [0.25, 0.3) is 0 Å². The van der Waals surface area contributed by atoms with E-state index in [-0.39, 0.29) is 0 Å². The Bertz CT molecular complexity index is 541. The average Bonchev–Trinajstić information content (AvgIpc) is 2.37. The van der Waals surface area contributed by atoms with Crippen molar-refractivity contribution in [2.24, 2.45) is 0 Å². The number of aryl methyl sites for hydroxylation is 2. The Labute approximate surface area is 122 Å². The fraction of sp³-hybridized carbons (Fsp3) is 0.600. The van der Waals surface area contributed by atoms with Crippen LogP contribution in [0.2, 0.25) is 0 Å². The van der Waals surface area contributed by atoms with Crippen LogP contribution >= 0.6 is 0 Å². The lowest BCUT2D eigenvalue weighted by atomic mass is 10.0. The number of nitrogens with zero attached hydrogens (tertiary/aromatic N) is 1. The molecule has 1 aromatic rings. The molecule has 1 aromatic carbocycles. The highest BCUT2D eigenvalue weighted by Gasteiger charge is 2.24. The molecular weight excluding hydrogens is 272 g/mol. The molecule has 1 saturated heterocycles. The summed E-state index contributed by atoms with van der Waals surface area (Å²) in [7, 11) is -3.02. The van der Waals surface area contributed by atoms with E-state index in [1.54, 1.807) is 4.31 Å². The number of hydrogen-bond acceptors (Lipinski definition) is 3. The summed E-state index contributed by atoms with van der Waals surface area (Å²) in [5.41, 5.74) is 3.98. The lowest BCUT2D eigenvalue weighted by molar-refractivity contribution is 0.290. The van der Waals surface area contributed by atoms with Crippen LogP contribution in [0.15, 0.2) is 18.2 Å². The van der Waals surface area contributed by atoms with Crippen molar-refractivity contribution >= 4 is 10.0 Å². The molecule has 1 aliphatic rings. The van der Waals surface area contributed by atoms with Crippen molar-refractivity contribution in [1.29, 1.82) is 0 Å². The molecule has 112 valence electrons. The highest BCUT2D eigenvalue weighted by molar-refractivity contribution is 7.88. The SMILES string of the molecule is Cc1cccc(C)c1CNC1CCN(S(C)(=O)=O)CC1. The normalized spacial score (nSPS) is 18.4. The summed E-state index contributed by atoms with van der Waals surface area (Å²) in [6, 6.07) is 6.76. The Kier molecular flexibility index (Phi) is 4.83. The first kappa shape index (κ1) is 15.5. The van der Waals surface area contributed by atoms with Gasteiger partial charge in [0, 0.05) is 25.7 Å². The van der Waals surface area contributed by atoms with Gasteiger partial charge in [0.1, 0.15) is 0 Å². The fourth-order valence-electron chi connectivity index (χ4n) is 2.77. The standard InChI is InChI=1S/C15H24N2O2S/c1-12-5-4-6-13(2)15(12)11-16-14-7-9-17(10-8-14)20(3,18)19/h4-6,14,16H,7-11H2,1-3H3. The van der Waals surface area contributed by atoms with Gasteiger partial charge in [-0.1, -0.05) is 18.2 Å². The third-order valence-electron chi connectivity index (χ3n) is 4.13. The fourth-order valence-corrected chi connectivity index (χ4v) is 3.64. The molecular formula is C15H24N2O2S. The lowest BCUT2D eigenvalue weighted by Crippen LogP contribution is -2.44. The van der Waals surface area contributed by atoms with Gasteiger partial charge in [0.15, 0.2) is 0 Å². The molecule has 1 fully saturated rings. The molecule has 0 amide bonds.